The third kappa shape index (κ3) is 3.75. The molecule has 0 bridgehead atoms. The molecule has 23 heavy (non-hydrogen) atoms. The van der Waals surface area contributed by atoms with Crippen LogP contribution >= 0.6 is 0 Å². The molecule has 0 aliphatic rings. The van der Waals surface area contributed by atoms with Crippen molar-refractivity contribution in [3.8, 4) is 0 Å². The topological polar surface area (TPSA) is 46.2 Å². The van der Waals surface area contributed by atoms with Crippen molar-refractivity contribution in [2.24, 2.45) is 0 Å². The normalized spacial score (nSPS) is 11.5. The summed E-state index contributed by atoms with van der Waals surface area (Å²) in [6.07, 6.45) is 1.50. The molecule has 0 fully saturated rings. The summed E-state index contributed by atoms with van der Waals surface area (Å²) in [6, 6.07) is 9.70. The molecule has 0 amide bonds. The minimum atomic E-state index is -3.60. The van der Waals surface area contributed by atoms with Gasteiger partial charge in [0, 0.05) is 0 Å². The molecule has 0 aliphatic heterocycles. The van der Waals surface area contributed by atoms with Crippen molar-refractivity contribution >= 4 is 15.7 Å². The lowest BCUT2D eigenvalue weighted by Crippen LogP contribution is -2.17. The summed E-state index contributed by atoms with van der Waals surface area (Å²) >= 11 is 0. The molecule has 0 spiro atoms. The van der Waals surface area contributed by atoms with Gasteiger partial charge in [-0.25, -0.2) is 8.42 Å². The molecule has 3 nitrogen and oxygen atoms in total. The van der Waals surface area contributed by atoms with Crippen LogP contribution in [0.3, 0.4) is 0 Å². The number of anilines is 1. The van der Waals surface area contributed by atoms with Crippen LogP contribution in [0.2, 0.25) is 0 Å². The molecule has 0 heterocycles. The monoisotopic (exact) mass is 331 g/mol. The number of hydrogen-bond donors (Lipinski definition) is 1. The van der Waals surface area contributed by atoms with Crippen molar-refractivity contribution < 1.29 is 8.42 Å². The molecule has 4 heteroatoms. The largest absolute Gasteiger partial charge is 0.279 e. The van der Waals surface area contributed by atoms with E-state index in [1.54, 1.807) is 6.07 Å². The molecule has 0 aromatic heterocycles. The van der Waals surface area contributed by atoms with Gasteiger partial charge in [0.15, 0.2) is 0 Å². The van der Waals surface area contributed by atoms with Crippen LogP contribution in [0.4, 0.5) is 5.69 Å². The number of sulfonamides is 1. The number of aryl methyl sites for hydroxylation is 5. The minimum absolute atomic E-state index is 0.388. The number of hydrogen-bond acceptors (Lipinski definition) is 2. The summed E-state index contributed by atoms with van der Waals surface area (Å²) in [6.45, 7) is 9.88. The fourth-order valence-electron chi connectivity index (χ4n) is 2.89. The predicted molar refractivity (Wildman–Crippen MR) is 96.7 cm³/mol. The van der Waals surface area contributed by atoms with E-state index >= 15 is 0 Å². The van der Waals surface area contributed by atoms with Gasteiger partial charge >= 0.3 is 0 Å². The molecule has 0 radical (unpaired) electrons. The van der Waals surface area contributed by atoms with Gasteiger partial charge in [-0.05, 0) is 61.9 Å². The standard InChI is InChI=1S/C19H25NO2S/c1-6-16-8-9-17(7-2)18(12-16)23(21,22)20-19-14(4)10-13(3)11-15(19)5/h8-12,20H,6-7H2,1-5H3. The summed E-state index contributed by atoms with van der Waals surface area (Å²) in [5, 5.41) is 0. The van der Waals surface area contributed by atoms with E-state index in [1.165, 1.54) is 0 Å². The van der Waals surface area contributed by atoms with E-state index in [0.717, 1.165) is 34.2 Å². The first-order valence-corrected chi connectivity index (χ1v) is 9.49. The van der Waals surface area contributed by atoms with Gasteiger partial charge in [-0.2, -0.15) is 0 Å². The molecule has 2 aromatic carbocycles. The molecule has 2 aromatic rings. The molecule has 0 aliphatic carbocycles. The van der Waals surface area contributed by atoms with Crippen LogP contribution < -0.4 is 4.72 Å². The Labute approximate surface area is 139 Å². The van der Waals surface area contributed by atoms with E-state index in [9.17, 15) is 8.42 Å². The van der Waals surface area contributed by atoms with Crippen molar-refractivity contribution in [3.05, 3.63) is 58.1 Å². The van der Waals surface area contributed by atoms with Crippen LogP contribution in [-0.2, 0) is 22.9 Å². The molecule has 1 N–H and O–H groups in total. The zero-order valence-electron chi connectivity index (χ0n) is 14.5. The van der Waals surface area contributed by atoms with E-state index in [0.29, 0.717) is 17.0 Å². The maximum atomic E-state index is 12.9. The zero-order valence-corrected chi connectivity index (χ0v) is 15.3. The summed E-state index contributed by atoms with van der Waals surface area (Å²) < 4.78 is 28.7. The van der Waals surface area contributed by atoms with Crippen LogP contribution in [0, 0.1) is 20.8 Å². The Balaban J connectivity index is 2.52. The van der Waals surface area contributed by atoms with E-state index in [1.807, 2.05) is 58.9 Å². The Morgan fingerprint density at radius 3 is 2.04 bits per heavy atom. The van der Waals surface area contributed by atoms with Crippen molar-refractivity contribution in [2.45, 2.75) is 52.4 Å². The second-order valence-electron chi connectivity index (χ2n) is 6.03. The minimum Gasteiger partial charge on any atom is -0.279 e. The summed E-state index contributed by atoms with van der Waals surface area (Å²) in [7, 11) is -3.60. The Morgan fingerprint density at radius 2 is 1.52 bits per heavy atom. The first kappa shape index (κ1) is 17.5. The van der Waals surface area contributed by atoms with Crippen LogP contribution in [0.1, 0.15) is 41.7 Å². The Bertz CT molecular complexity index is 800. The van der Waals surface area contributed by atoms with Crippen LogP contribution in [0.5, 0.6) is 0 Å². The molecule has 0 saturated heterocycles. The first-order valence-electron chi connectivity index (χ1n) is 8.01. The van der Waals surface area contributed by atoms with E-state index < -0.39 is 10.0 Å². The van der Waals surface area contributed by atoms with Gasteiger partial charge in [0.1, 0.15) is 0 Å². The maximum absolute atomic E-state index is 12.9. The van der Waals surface area contributed by atoms with E-state index in [2.05, 4.69) is 4.72 Å². The summed E-state index contributed by atoms with van der Waals surface area (Å²) in [4.78, 5) is 0.388. The van der Waals surface area contributed by atoms with E-state index in [4.69, 9.17) is 0 Å². The lowest BCUT2D eigenvalue weighted by Gasteiger charge is -2.16. The third-order valence-electron chi connectivity index (χ3n) is 4.12. The van der Waals surface area contributed by atoms with Crippen LogP contribution in [-0.4, -0.2) is 8.42 Å². The van der Waals surface area contributed by atoms with Gasteiger partial charge in [0.05, 0.1) is 10.6 Å². The molecule has 0 unspecified atom stereocenters. The molecule has 124 valence electrons. The van der Waals surface area contributed by atoms with Crippen molar-refractivity contribution in [1.82, 2.24) is 0 Å². The Morgan fingerprint density at radius 1 is 0.913 bits per heavy atom. The van der Waals surface area contributed by atoms with Gasteiger partial charge in [0.2, 0.25) is 0 Å². The average molecular weight is 331 g/mol. The number of rotatable bonds is 5. The van der Waals surface area contributed by atoms with Gasteiger partial charge in [-0.15, -0.1) is 0 Å². The lowest BCUT2D eigenvalue weighted by molar-refractivity contribution is 0.600. The van der Waals surface area contributed by atoms with Crippen molar-refractivity contribution in [3.63, 3.8) is 0 Å². The molecule has 0 saturated carbocycles. The second-order valence-corrected chi connectivity index (χ2v) is 7.68. The molecule has 0 atom stereocenters. The van der Waals surface area contributed by atoms with E-state index in [-0.39, 0.29) is 0 Å². The second kappa shape index (κ2) is 6.75. The highest BCUT2D eigenvalue weighted by Gasteiger charge is 2.20. The summed E-state index contributed by atoms with van der Waals surface area (Å²) in [5.74, 6) is 0. The molecular formula is C19H25NO2S. The van der Waals surface area contributed by atoms with Gasteiger partial charge < -0.3 is 0 Å². The van der Waals surface area contributed by atoms with Gasteiger partial charge in [-0.1, -0.05) is 43.7 Å². The lowest BCUT2D eigenvalue weighted by atomic mass is 10.1. The maximum Gasteiger partial charge on any atom is 0.262 e. The third-order valence-corrected chi connectivity index (χ3v) is 5.56. The average Bonchev–Trinajstić information content (AvgIpc) is 2.50. The van der Waals surface area contributed by atoms with Gasteiger partial charge in [0.25, 0.3) is 10.0 Å². The zero-order chi connectivity index (χ0) is 17.2. The predicted octanol–water partition coefficient (Wildman–Crippen LogP) is 4.54. The first-order chi connectivity index (χ1) is 10.8. The van der Waals surface area contributed by atoms with Crippen LogP contribution in [0.25, 0.3) is 0 Å². The number of nitrogens with one attached hydrogen (secondary N) is 1. The fraction of sp³-hybridized carbons (Fsp3) is 0.368. The Hall–Kier alpha value is -1.81. The fourth-order valence-corrected chi connectivity index (χ4v) is 4.46. The quantitative estimate of drug-likeness (QED) is 0.874. The smallest absolute Gasteiger partial charge is 0.262 e. The molecular weight excluding hydrogens is 306 g/mol. The van der Waals surface area contributed by atoms with Crippen molar-refractivity contribution in [1.29, 1.82) is 0 Å². The summed E-state index contributed by atoms with van der Waals surface area (Å²) in [5.41, 5.74) is 5.56. The van der Waals surface area contributed by atoms with Crippen LogP contribution in [0.15, 0.2) is 35.2 Å². The van der Waals surface area contributed by atoms with Crippen molar-refractivity contribution in [2.75, 3.05) is 4.72 Å². The SMILES string of the molecule is CCc1ccc(CC)c(S(=O)(=O)Nc2c(C)cc(C)cc2C)c1. The highest BCUT2D eigenvalue weighted by atomic mass is 32.2. The highest BCUT2D eigenvalue weighted by molar-refractivity contribution is 7.92. The van der Waals surface area contributed by atoms with Gasteiger partial charge in [-0.3, -0.25) is 4.72 Å². The molecule has 2 rings (SSSR count). The highest BCUT2D eigenvalue weighted by Crippen LogP contribution is 2.27. The Kier molecular flexibility index (Phi) is 5.15. The number of benzene rings is 2.